The minimum Gasteiger partial charge on any atom is 2.00 e. The standard InChI is InChI=1S/C3H9AsO3.Ca/c1-2-3-4(5,6)7;/h2-3H2,1H3,(H2,5,6,7);/q;+2/p-2. The Balaban J connectivity index is 0. The molecule has 0 amide bonds. The molecule has 5 heteroatoms. The van der Waals surface area contributed by atoms with E-state index in [2.05, 4.69) is 0 Å². The van der Waals surface area contributed by atoms with Crippen LogP contribution in [-0.4, -0.2) is 51.9 Å². The van der Waals surface area contributed by atoms with Crippen LogP contribution < -0.4 is 8.19 Å². The summed E-state index contributed by atoms with van der Waals surface area (Å²) in [6, 6.07) is 0. The zero-order chi connectivity index (χ0) is 5.91. The Morgan fingerprint density at radius 1 is 1.50 bits per heavy atom. The van der Waals surface area contributed by atoms with Gasteiger partial charge in [-0.25, -0.2) is 0 Å². The van der Waals surface area contributed by atoms with Crippen LogP contribution in [0.3, 0.4) is 0 Å². The van der Waals surface area contributed by atoms with Gasteiger partial charge in [0.25, 0.3) is 0 Å². The first-order valence-corrected chi connectivity index (χ1v) is 5.70. The van der Waals surface area contributed by atoms with Crippen LogP contribution in [0.5, 0.6) is 0 Å². The van der Waals surface area contributed by atoms with Crippen LogP contribution in [0.25, 0.3) is 0 Å². The van der Waals surface area contributed by atoms with Crippen molar-refractivity contribution in [1.29, 1.82) is 0 Å². The second-order valence-corrected chi connectivity index (χ2v) is 4.84. The molecule has 0 aromatic rings. The maximum Gasteiger partial charge on any atom is 2.00 e. The van der Waals surface area contributed by atoms with E-state index in [0.717, 1.165) is 0 Å². The molecule has 3 nitrogen and oxygen atoms in total. The quantitative estimate of drug-likeness (QED) is 0.496. The first-order valence-electron chi connectivity index (χ1n) is 2.07. The SMILES string of the molecule is CCC[As](=O)([O-])[O-].[Ca+2]. The second-order valence-electron chi connectivity index (χ2n) is 1.33. The molecular formula is C3H7AsCaO3. The van der Waals surface area contributed by atoms with Crippen molar-refractivity contribution in [2.45, 2.75) is 18.6 Å². The molecule has 0 saturated carbocycles. The Morgan fingerprint density at radius 3 is 1.88 bits per heavy atom. The summed E-state index contributed by atoms with van der Waals surface area (Å²) in [6.45, 7) is 1.67. The van der Waals surface area contributed by atoms with Crippen molar-refractivity contribution < 1.29 is 11.9 Å². The minimum atomic E-state index is -4.69. The van der Waals surface area contributed by atoms with Crippen molar-refractivity contribution >= 4 is 51.9 Å². The zero-order valence-corrected chi connectivity index (χ0v) is 8.88. The fourth-order valence-electron chi connectivity index (χ4n) is 0.274. The van der Waals surface area contributed by atoms with Crippen LogP contribution in [-0.2, 0) is 3.74 Å². The van der Waals surface area contributed by atoms with Gasteiger partial charge in [0.15, 0.2) is 0 Å². The fourth-order valence-corrected chi connectivity index (χ4v) is 1.42. The zero-order valence-electron chi connectivity index (χ0n) is 4.79. The normalized spacial score (nSPS) is 10.4. The van der Waals surface area contributed by atoms with Gasteiger partial charge in [-0.05, 0) is 0 Å². The van der Waals surface area contributed by atoms with Crippen LogP contribution in [0.15, 0.2) is 0 Å². The summed E-state index contributed by atoms with van der Waals surface area (Å²) in [4.78, 5) is 0. The third-order valence-corrected chi connectivity index (χ3v) is 2.58. The molecule has 0 spiro atoms. The van der Waals surface area contributed by atoms with E-state index < -0.39 is 14.2 Å². The van der Waals surface area contributed by atoms with Gasteiger partial charge < -0.3 is 0 Å². The van der Waals surface area contributed by atoms with Crippen molar-refractivity contribution in [2.75, 3.05) is 0 Å². The van der Waals surface area contributed by atoms with E-state index in [9.17, 15) is 11.9 Å². The molecular weight excluding hydrogens is 199 g/mol. The molecule has 0 heterocycles. The van der Waals surface area contributed by atoms with Crippen molar-refractivity contribution in [1.82, 2.24) is 0 Å². The van der Waals surface area contributed by atoms with E-state index in [0.29, 0.717) is 6.42 Å². The molecule has 0 aliphatic heterocycles. The van der Waals surface area contributed by atoms with Crippen molar-refractivity contribution in [3.05, 3.63) is 0 Å². The molecule has 0 rings (SSSR count). The van der Waals surface area contributed by atoms with Gasteiger partial charge in [0.1, 0.15) is 0 Å². The van der Waals surface area contributed by atoms with Gasteiger partial charge in [0.05, 0.1) is 0 Å². The number of hydrogen-bond donors (Lipinski definition) is 0. The minimum absolute atomic E-state index is 0. The average molecular weight is 206 g/mol. The van der Waals surface area contributed by atoms with Crippen LogP contribution in [0, 0.1) is 0 Å². The van der Waals surface area contributed by atoms with Gasteiger partial charge in [0, 0.05) is 0 Å². The summed E-state index contributed by atoms with van der Waals surface area (Å²) in [7, 11) is 0. The molecule has 0 radical (unpaired) electrons. The predicted molar refractivity (Wildman–Crippen MR) is 27.3 cm³/mol. The van der Waals surface area contributed by atoms with Gasteiger partial charge in [-0.15, -0.1) is 0 Å². The molecule has 0 bridgehead atoms. The molecule has 0 aromatic heterocycles. The third-order valence-electron chi connectivity index (χ3n) is 0.497. The summed E-state index contributed by atoms with van der Waals surface area (Å²) < 4.78 is 29.3. The van der Waals surface area contributed by atoms with Gasteiger partial charge in [-0.1, -0.05) is 0 Å². The van der Waals surface area contributed by atoms with Crippen molar-refractivity contribution in [2.24, 2.45) is 0 Å². The average Bonchev–Trinajstić information content (AvgIpc) is 1.30. The first-order chi connectivity index (χ1) is 3.06. The summed E-state index contributed by atoms with van der Waals surface area (Å²) in [5.41, 5.74) is 0. The van der Waals surface area contributed by atoms with E-state index in [-0.39, 0.29) is 42.9 Å². The molecule has 0 aliphatic carbocycles. The topological polar surface area (TPSA) is 63.2 Å². The van der Waals surface area contributed by atoms with Crippen LogP contribution in [0.1, 0.15) is 13.3 Å². The van der Waals surface area contributed by atoms with Gasteiger partial charge in [0.2, 0.25) is 0 Å². The molecule has 0 N–H and O–H groups in total. The molecule has 0 saturated heterocycles. The van der Waals surface area contributed by atoms with E-state index in [1.807, 2.05) is 0 Å². The summed E-state index contributed by atoms with van der Waals surface area (Å²) in [5.74, 6) is 0. The predicted octanol–water partition coefficient (Wildman–Crippen LogP) is -1.89. The van der Waals surface area contributed by atoms with Crippen LogP contribution in [0.4, 0.5) is 0 Å². The molecule has 0 fully saturated rings. The maximum atomic E-state index is 9.76. The van der Waals surface area contributed by atoms with Crippen molar-refractivity contribution in [3.63, 3.8) is 0 Å². The number of hydrogen-bond acceptors (Lipinski definition) is 3. The number of rotatable bonds is 2. The van der Waals surface area contributed by atoms with Crippen LogP contribution in [0.2, 0.25) is 5.21 Å². The summed E-state index contributed by atoms with van der Waals surface area (Å²) in [6.07, 6.45) is 0.448. The fraction of sp³-hybridized carbons (Fsp3) is 1.00. The summed E-state index contributed by atoms with van der Waals surface area (Å²) >= 11 is -4.69. The van der Waals surface area contributed by atoms with E-state index >= 15 is 0 Å². The van der Waals surface area contributed by atoms with Gasteiger partial charge in [-0.3, -0.25) is 0 Å². The first kappa shape index (κ1) is 12.2. The Morgan fingerprint density at radius 2 is 1.88 bits per heavy atom. The molecule has 0 unspecified atom stereocenters. The Kier molecular flexibility index (Phi) is 8.16. The van der Waals surface area contributed by atoms with Gasteiger partial charge >= 0.3 is 82.4 Å². The molecule has 8 heavy (non-hydrogen) atoms. The Hall–Kier alpha value is 1.54. The van der Waals surface area contributed by atoms with Crippen molar-refractivity contribution in [3.8, 4) is 0 Å². The molecule has 44 valence electrons. The van der Waals surface area contributed by atoms with Crippen LogP contribution >= 0.6 is 0 Å². The molecule has 0 atom stereocenters. The second kappa shape index (κ2) is 5.33. The third kappa shape index (κ3) is 10.5. The maximum absolute atomic E-state index is 9.76. The molecule has 0 aliphatic rings. The van der Waals surface area contributed by atoms with E-state index in [1.54, 1.807) is 6.92 Å². The van der Waals surface area contributed by atoms with Gasteiger partial charge in [-0.2, -0.15) is 0 Å². The Bertz CT molecular complexity index is 88.5. The molecule has 0 aromatic carbocycles. The smallest absolute Gasteiger partial charge is 2.00 e. The Labute approximate surface area is 81.5 Å². The van der Waals surface area contributed by atoms with E-state index in [1.165, 1.54) is 0 Å². The summed E-state index contributed by atoms with van der Waals surface area (Å²) in [5, 5.41) is -0.155. The largest absolute Gasteiger partial charge is 2.00 e. The monoisotopic (exact) mass is 206 g/mol. The van der Waals surface area contributed by atoms with E-state index in [4.69, 9.17) is 0 Å².